The number of hydrogen-bond acceptors (Lipinski definition) is 4. The average molecular weight is 416 g/mol. The van der Waals surface area contributed by atoms with Crippen molar-refractivity contribution in [2.24, 2.45) is 0 Å². The molecule has 29 heavy (non-hydrogen) atoms. The van der Waals surface area contributed by atoms with E-state index in [4.69, 9.17) is 0 Å². The van der Waals surface area contributed by atoms with E-state index in [1.54, 1.807) is 10.7 Å². The largest absolute Gasteiger partial charge is 0.416 e. The summed E-state index contributed by atoms with van der Waals surface area (Å²) in [4.78, 5) is 19.5. The van der Waals surface area contributed by atoms with E-state index in [0.29, 0.717) is 21.8 Å². The lowest BCUT2D eigenvalue weighted by Crippen LogP contribution is -2.10. The molecule has 0 atom stereocenters. The van der Waals surface area contributed by atoms with Gasteiger partial charge in [-0.1, -0.05) is 42.1 Å². The first-order valence-electron chi connectivity index (χ1n) is 8.65. The predicted molar refractivity (Wildman–Crippen MR) is 105 cm³/mol. The molecule has 4 aromatic rings. The zero-order chi connectivity index (χ0) is 20.6. The number of halogens is 3. The van der Waals surface area contributed by atoms with Crippen LogP contribution < -0.4 is 5.56 Å². The van der Waals surface area contributed by atoms with Crippen LogP contribution in [0.3, 0.4) is 0 Å². The first-order valence-corrected chi connectivity index (χ1v) is 9.64. The SMILES string of the molecule is Cc1cccc(-n2ncc3c(=O)[nH]c(SCc4cccc(C(F)(F)F)c4)nc32)c1. The number of H-pyrrole nitrogens is 1. The van der Waals surface area contributed by atoms with Crippen LogP contribution in [0.15, 0.2) is 64.7 Å². The molecule has 2 aromatic carbocycles. The van der Waals surface area contributed by atoms with Crippen LogP contribution in [-0.2, 0) is 11.9 Å². The van der Waals surface area contributed by atoms with Crippen molar-refractivity contribution in [3.05, 3.63) is 81.8 Å². The lowest BCUT2D eigenvalue weighted by Gasteiger charge is -2.08. The van der Waals surface area contributed by atoms with Crippen molar-refractivity contribution in [2.45, 2.75) is 24.0 Å². The highest BCUT2D eigenvalue weighted by molar-refractivity contribution is 7.98. The van der Waals surface area contributed by atoms with Crippen molar-refractivity contribution in [3.63, 3.8) is 0 Å². The maximum atomic E-state index is 12.9. The minimum Gasteiger partial charge on any atom is -0.301 e. The van der Waals surface area contributed by atoms with E-state index < -0.39 is 11.7 Å². The quantitative estimate of drug-likeness (QED) is 0.386. The number of nitrogens with one attached hydrogen (secondary N) is 1. The fourth-order valence-electron chi connectivity index (χ4n) is 2.90. The maximum Gasteiger partial charge on any atom is 0.416 e. The van der Waals surface area contributed by atoms with E-state index in [9.17, 15) is 18.0 Å². The monoisotopic (exact) mass is 416 g/mol. The van der Waals surface area contributed by atoms with E-state index in [1.165, 1.54) is 12.3 Å². The molecule has 0 saturated heterocycles. The molecule has 0 unspecified atom stereocenters. The van der Waals surface area contributed by atoms with Crippen molar-refractivity contribution >= 4 is 22.8 Å². The van der Waals surface area contributed by atoms with Crippen LogP contribution in [0.5, 0.6) is 0 Å². The number of hydrogen-bond donors (Lipinski definition) is 1. The van der Waals surface area contributed by atoms with Crippen LogP contribution in [0.1, 0.15) is 16.7 Å². The van der Waals surface area contributed by atoms with Gasteiger partial charge in [-0.05, 0) is 36.2 Å². The Hall–Kier alpha value is -3.07. The molecular formula is C20H15F3N4OS. The number of aromatic nitrogens is 4. The summed E-state index contributed by atoms with van der Waals surface area (Å²) in [5.74, 6) is 0.233. The molecule has 0 aliphatic heterocycles. The fourth-order valence-corrected chi connectivity index (χ4v) is 3.70. The standard InChI is InChI=1S/C20H15F3N4OS/c1-12-4-2-7-15(8-12)27-17-16(10-24-27)18(28)26-19(25-17)29-11-13-5-3-6-14(9-13)20(21,22)23/h2-10H,11H2,1H3,(H,25,26,28). The molecule has 0 amide bonds. The normalized spacial score (nSPS) is 11.9. The zero-order valence-electron chi connectivity index (χ0n) is 15.2. The highest BCUT2D eigenvalue weighted by Gasteiger charge is 2.30. The van der Waals surface area contributed by atoms with Crippen LogP contribution >= 0.6 is 11.8 Å². The summed E-state index contributed by atoms with van der Waals surface area (Å²) in [7, 11) is 0. The number of aromatic amines is 1. The number of benzene rings is 2. The number of rotatable bonds is 4. The summed E-state index contributed by atoms with van der Waals surface area (Å²) in [5, 5.41) is 4.92. The van der Waals surface area contributed by atoms with Gasteiger partial charge in [-0.2, -0.15) is 18.3 Å². The number of thioether (sulfide) groups is 1. The van der Waals surface area contributed by atoms with Crippen molar-refractivity contribution < 1.29 is 13.2 Å². The molecule has 5 nitrogen and oxygen atoms in total. The van der Waals surface area contributed by atoms with Gasteiger partial charge in [0, 0.05) is 5.75 Å². The summed E-state index contributed by atoms with van der Waals surface area (Å²) < 4.78 is 40.2. The van der Waals surface area contributed by atoms with E-state index in [0.717, 1.165) is 35.1 Å². The van der Waals surface area contributed by atoms with Gasteiger partial charge in [0.2, 0.25) is 0 Å². The van der Waals surface area contributed by atoms with Crippen molar-refractivity contribution in [1.29, 1.82) is 0 Å². The van der Waals surface area contributed by atoms with Gasteiger partial charge in [-0.25, -0.2) is 9.67 Å². The summed E-state index contributed by atoms with van der Waals surface area (Å²) in [6, 6.07) is 12.7. The van der Waals surface area contributed by atoms with Crippen molar-refractivity contribution in [2.75, 3.05) is 0 Å². The van der Waals surface area contributed by atoms with Gasteiger partial charge >= 0.3 is 6.18 Å². The van der Waals surface area contributed by atoms with Crippen LogP contribution in [0, 0.1) is 6.92 Å². The number of aryl methyl sites for hydroxylation is 1. The number of alkyl halides is 3. The summed E-state index contributed by atoms with van der Waals surface area (Å²) in [6.45, 7) is 1.95. The Bertz CT molecular complexity index is 1250. The van der Waals surface area contributed by atoms with Gasteiger partial charge in [0.25, 0.3) is 5.56 Å². The predicted octanol–water partition coefficient (Wildman–Crippen LogP) is 4.73. The Labute approximate surface area is 167 Å². The molecule has 0 saturated carbocycles. The molecular weight excluding hydrogens is 401 g/mol. The third-order valence-corrected chi connectivity index (χ3v) is 5.24. The topological polar surface area (TPSA) is 63.6 Å². The Balaban J connectivity index is 1.65. The second-order valence-electron chi connectivity index (χ2n) is 6.49. The Morgan fingerprint density at radius 3 is 2.69 bits per heavy atom. The van der Waals surface area contributed by atoms with E-state index in [1.807, 2.05) is 31.2 Å². The van der Waals surface area contributed by atoms with Gasteiger partial charge in [0.15, 0.2) is 10.8 Å². The Morgan fingerprint density at radius 1 is 1.14 bits per heavy atom. The molecule has 2 aromatic heterocycles. The average Bonchev–Trinajstić information content (AvgIpc) is 3.10. The number of nitrogens with zero attached hydrogens (tertiary/aromatic N) is 3. The van der Waals surface area contributed by atoms with Gasteiger partial charge in [-0.3, -0.25) is 4.79 Å². The molecule has 0 radical (unpaired) electrons. The van der Waals surface area contributed by atoms with Crippen LogP contribution in [0.4, 0.5) is 13.2 Å². The molecule has 2 heterocycles. The van der Waals surface area contributed by atoms with Gasteiger partial charge in [-0.15, -0.1) is 0 Å². The summed E-state index contributed by atoms with van der Waals surface area (Å²) in [6.07, 6.45) is -2.95. The Kier molecular flexibility index (Phi) is 4.91. The molecule has 1 N–H and O–H groups in total. The third kappa shape index (κ3) is 4.04. The molecule has 148 valence electrons. The van der Waals surface area contributed by atoms with E-state index in [-0.39, 0.29) is 11.3 Å². The molecule has 9 heteroatoms. The zero-order valence-corrected chi connectivity index (χ0v) is 16.0. The molecule has 0 spiro atoms. The molecule has 0 aliphatic rings. The summed E-state index contributed by atoms with van der Waals surface area (Å²) >= 11 is 1.16. The van der Waals surface area contributed by atoms with E-state index >= 15 is 0 Å². The first-order chi connectivity index (χ1) is 13.8. The van der Waals surface area contributed by atoms with E-state index in [2.05, 4.69) is 15.1 Å². The highest BCUT2D eigenvalue weighted by atomic mass is 32.2. The van der Waals surface area contributed by atoms with Gasteiger partial charge < -0.3 is 4.98 Å². The van der Waals surface area contributed by atoms with Gasteiger partial charge in [0.05, 0.1) is 17.4 Å². The molecule has 0 aliphatic carbocycles. The smallest absolute Gasteiger partial charge is 0.301 e. The van der Waals surface area contributed by atoms with Crippen molar-refractivity contribution in [3.8, 4) is 5.69 Å². The van der Waals surface area contributed by atoms with Crippen LogP contribution in [0.2, 0.25) is 0 Å². The highest BCUT2D eigenvalue weighted by Crippen LogP contribution is 2.31. The minimum absolute atomic E-state index is 0.233. The molecule has 4 rings (SSSR count). The number of fused-ring (bicyclic) bond motifs is 1. The first kappa shape index (κ1) is 19.3. The lowest BCUT2D eigenvalue weighted by atomic mass is 10.1. The Morgan fingerprint density at radius 2 is 1.93 bits per heavy atom. The lowest BCUT2D eigenvalue weighted by molar-refractivity contribution is -0.137. The molecule has 0 bridgehead atoms. The van der Waals surface area contributed by atoms with Gasteiger partial charge in [0.1, 0.15) is 5.39 Å². The molecule has 0 fully saturated rings. The maximum absolute atomic E-state index is 12.9. The van der Waals surface area contributed by atoms with Crippen LogP contribution in [-0.4, -0.2) is 19.7 Å². The summed E-state index contributed by atoms with van der Waals surface area (Å²) in [5.41, 5.74) is 1.64. The second-order valence-corrected chi connectivity index (χ2v) is 7.45. The van der Waals surface area contributed by atoms with Crippen molar-refractivity contribution in [1.82, 2.24) is 19.7 Å². The fraction of sp³-hybridized carbons (Fsp3) is 0.150. The second kappa shape index (κ2) is 7.40. The third-order valence-electron chi connectivity index (χ3n) is 4.29. The van der Waals surface area contributed by atoms with Crippen LogP contribution in [0.25, 0.3) is 16.7 Å². The minimum atomic E-state index is -4.40.